The molecule has 0 aliphatic rings. The van der Waals surface area contributed by atoms with Crippen LogP contribution in [0.15, 0.2) is 29.6 Å². The Morgan fingerprint density at radius 1 is 1.43 bits per heavy atom. The summed E-state index contributed by atoms with van der Waals surface area (Å²) in [5.41, 5.74) is 7.31. The lowest BCUT2D eigenvalue weighted by atomic mass is 10.1. The number of benzene rings is 1. The van der Waals surface area contributed by atoms with E-state index in [1.165, 1.54) is 11.3 Å². The molecule has 21 heavy (non-hydrogen) atoms. The second kappa shape index (κ2) is 7.19. The zero-order valence-corrected chi connectivity index (χ0v) is 12.9. The van der Waals surface area contributed by atoms with Crippen molar-refractivity contribution in [2.75, 3.05) is 13.7 Å². The van der Waals surface area contributed by atoms with Crippen molar-refractivity contribution < 1.29 is 9.53 Å². The summed E-state index contributed by atoms with van der Waals surface area (Å²) in [5, 5.41) is 5.37. The number of carbonyl (C=O) groups is 1. The van der Waals surface area contributed by atoms with Gasteiger partial charge in [0.15, 0.2) is 0 Å². The molecule has 0 radical (unpaired) electrons. The molecule has 0 saturated carbocycles. The van der Waals surface area contributed by atoms with Crippen molar-refractivity contribution in [3.8, 4) is 5.75 Å². The Labute approximate surface area is 128 Å². The molecule has 2 rings (SSSR count). The Balaban J connectivity index is 1.83. The molecule has 0 fully saturated rings. The average molecular weight is 305 g/mol. The van der Waals surface area contributed by atoms with E-state index in [0.717, 1.165) is 22.7 Å². The first-order chi connectivity index (χ1) is 10.1. The first-order valence-electron chi connectivity index (χ1n) is 6.72. The van der Waals surface area contributed by atoms with Gasteiger partial charge in [-0.05, 0) is 31.0 Å². The Kier molecular flexibility index (Phi) is 5.30. The zero-order valence-electron chi connectivity index (χ0n) is 12.1. The molecule has 1 unspecified atom stereocenters. The van der Waals surface area contributed by atoms with Gasteiger partial charge in [-0.3, -0.25) is 4.79 Å². The van der Waals surface area contributed by atoms with Crippen LogP contribution >= 0.6 is 11.3 Å². The van der Waals surface area contributed by atoms with Crippen molar-refractivity contribution in [3.63, 3.8) is 0 Å². The fourth-order valence-corrected chi connectivity index (χ4v) is 2.56. The standard InChI is InChI=1S/C15H19N3O2S/c1-10(16)15-18-13(9-21-15)14(19)17-8-7-11-3-5-12(20-2)6-4-11/h3-6,9-10H,7-8,16H2,1-2H3,(H,17,19). The molecule has 6 heteroatoms. The van der Waals surface area contributed by atoms with E-state index in [2.05, 4.69) is 10.3 Å². The quantitative estimate of drug-likeness (QED) is 0.857. The van der Waals surface area contributed by atoms with Crippen molar-refractivity contribution in [2.45, 2.75) is 19.4 Å². The second-order valence-electron chi connectivity index (χ2n) is 4.71. The predicted molar refractivity (Wildman–Crippen MR) is 83.7 cm³/mol. The lowest BCUT2D eigenvalue weighted by Gasteiger charge is -2.05. The minimum Gasteiger partial charge on any atom is -0.497 e. The number of aromatic nitrogens is 1. The normalized spacial score (nSPS) is 12.0. The Morgan fingerprint density at radius 3 is 2.71 bits per heavy atom. The Bertz CT molecular complexity index is 593. The summed E-state index contributed by atoms with van der Waals surface area (Å²) in [6.45, 7) is 2.42. The van der Waals surface area contributed by atoms with Gasteiger partial charge in [-0.25, -0.2) is 4.98 Å². The van der Waals surface area contributed by atoms with Gasteiger partial charge in [0.25, 0.3) is 5.91 Å². The van der Waals surface area contributed by atoms with Crippen LogP contribution in [0.5, 0.6) is 5.75 Å². The second-order valence-corrected chi connectivity index (χ2v) is 5.60. The smallest absolute Gasteiger partial charge is 0.270 e. The van der Waals surface area contributed by atoms with Crippen molar-refractivity contribution >= 4 is 17.2 Å². The van der Waals surface area contributed by atoms with Gasteiger partial charge in [-0.1, -0.05) is 12.1 Å². The molecule has 0 aliphatic heterocycles. The van der Waals surface area contributed by atoms with E-state index >= 15 is 0 Å². The van der Waals surface area contributed by atoms with Crippen molar-refractivity contribution in [1.29, 1.82) is 0 Å². The molecule has 1 aromatic heterocycles. The number of amides is 1. The Hall–Kier alpha value is -1.92. The summed E-state index contributed by atoms with van der Waals surface area (Å²) in [6, 6.07) is 7.65. The highest BCUT2D eigenvalue weighted by Gasteiger charge is 2.12. The van der Waals surface area contributed by atoms with Crippen molar-refractivity contribution in [3.05, 3.63) is 45.9 Å². The highest BCUT2D eigenvalue weighted by molar-refractivity contribution is 7.09. The molecule has 1 atom stereocenters. The molecule has 0 spiro atoms. The van der Waals surface area contributed by atoms with Gasteiger partial charge in [0, 0.05) is 11.9 Å². The summed E-state index contributed by atoms with van der Waals surface area (Å²) in [5.74, 6) is 0.667. The van der Waals surface area contributed by atoms with Crippen LogP contribution in [0.4, 0.5) is 0 Å². The molecule has 5 nitrogen and oxygen atoms in total. The molecule has 112 valence electrons. The van der Waals surface area contributed by atoms with E-state index in [1.807, 2.05) is 31.2 Å². The molecular weight excluding hydrogens is 286 g/mol. The predicted octanol–water partition coefficient (Wildman–Crippen LogP) is 2.14. The lowest BCUT2D eigenvalue weighted by Crippen LogP contribution is -2.26. The van der Waals surface area contributed by atoms with Crippen LogP contribution in [0.25, 0.3) is 0 Å². The molecule has 1 heterocycles. The number of methoxy groups -OCH3 is 1. The molecule has 0 saturated heterocycles. The molecule has 2 aromatic rings. The van der Waals surface area contributed by atoms with Gasteiger partial charge >= 0.3 is 0 Å². The SMILES string of the molecule is COc1ccc(CCNC(=O)c2csc(C(C)N)n2)cc1. The van der Waals surface area contributed by atoms with Crippen LogP contribution in [0.2, 0.25) is 0 Å². The fraction of sp³-hybridized carbons (Fsp3) is 0.333. The number of rotatable bonds is 6. The van der Waals surface area contributed by atoms with Crippen LogP contribution in [0.3, 0.4) is 0 Å². The number of ether oxygens (including phenoxy) is 1. The third-order valence-corrected chi connectivity index (χ3v) is 4.05. The van der Waals surface area contributed by atoms with Gasteiger partial charge in [-0.2, -0.15) is 0 Å². The minimum absolute atomic E-state index is 0.143. The molecule has 0 aliphatic carbocycles. The largest absolute Gasteiger partial charge is 0.497 e. The summed E-state index contributed by atoms with van der Waals surface area (Å²) < 4.78 is 5.10. The summed E-state index contributed by atoms with van der Waals surface area (Å²) >= 11 is 1.41. The average Bonchev–Trinajstić information content (AvgIpc) is 2.98. The van der Waals surface area contributed by atoms with E-state index < -0.39 is 0 Å². The summed E-state index contributed by atoms with van der Waals surface area (Å²) in [6.07, 6.45) is 0.764. The van der Waals surface area contributed by atoms with E-state index in [0.29, 0.717) is 12.2 Å². The number of hydrogen-bond acceptors (Lipinski definition) is 5. The number of nitrogens with one attached hydrogen (secondary N) is 1. The van der Waals surface area contributed by atoms with E-state index in [4.69, 9.17) is 10.5 Å². The number of thiazole rings is 1. The fourth-order valence-electron chi connectivity index (χ4n) is 1.80. The third kappa shape index (κ3) is 4.27. The van der Waals surface area contributed by atoms with Gasteiger partial charge in [-0.15, -0.1) is 11.3 Å². The zero-order chi connectivity index (χ0) is 15.2. The van der Waals surface area contributed by atoms with Crippen LogP contribution in [-0.4, -0.2) is 24.5 Å². The number of nitrogens with two attached hydrogens (primary N) is 1. The maximum Gasteiger partial charge on any atom is 0.270 e. The highest BCUT2D eigenvalue weighted by Crippen LogP contribution is 2.15. The lowest BCUT2D eigenvalue weighted by molar-refractivity contribution is 0.0949. The minimum atomic E-state index is -0.160. The number of nitrogens with zero attached hydrogens (tertiary/aromatic N) is 1. The molecule has 1 amide bonds. The maximum absolute atomic E-state index is 11.9. The number of carbonyl (C=O) groups excluding carboxylic acids is 1. The van der Waals surface area contributed by atoms with Gasteiger partial charge in [0.2, 0.25) is 0 Å². The molecule has 1 aromatic carbocycles. The topological polar surface area (TPSA) is 77.2 Å². The van der Waals surface area contributed by atoms with Crippen LogP contribution in [0.1, 0.15) is 34.0 Å². The monoisotopic (exact) mass is 305 g/mol. The van der Waals surface area contributed by atoms with Crippen LogP contribution in [0, 0.1) is 0 Å². The van der Waals surface area contributed by atoms with Crippen molar-refractivity contribution in [1.82, 2.24) is 10.3 Å². The van der Waals surface area contributed by atoms with Gasteiger partial charge < -0.3 is 15.8 Å². The summed E-state index contributed by atoms with van der Waals surface area (Å²) in [4.78, 5) is 16.2. The molecule has 0 bridgehead atoms. The van der Waals surface area contributed by atoms with Gasteiger partial charge in [0.05, 0.1) is 13.2 Å². The van der Waals surface area contributed by atoms with Crippen LogP contribution in [-0.2, 0) is 6.42 Å². The Morgan fingerprint density at radius 2 is 2.14 bits per heavy atom. The van der Waals surface area contributed by atoms with E-state index in [1.54, 1.807) is 12.5 Å². The molecular formula is C15H19N3O2S. The summed E-state index contributed by atoms with van der Waals surface area (Å²) in [7, 11) is 1.64. The number of hydrogen-bond donors (Lipinski definition) is 2. The highest BCUT2D eigenvalue weighted by atomic mass is 32.1. The van der Waals surface area contributed by atoms with Crippen molar-refractivity contribution in [2.24, 2.45) is 5.73 Å². The third-order valence-electron chi connectivity index (χ3n) is 3.00. The van der Waals surface area contributed by atoms with E-state index in [-0.39, 0.29) is 11.9 Å². The first kappa shape index (κ1) is 15.5. The molecule has 3 N–H and O–H groups in total. The van der Waals surface area contributed by atoms with Gasteiger partial charge in [0.1, 0.15) is 16.5 Å². The maximum atomic E-state index is 11.9. The van der Waals surface area contributed by atoms with E-state index in [9.17, 15) is 4.79 Å². The van der Waals surface area contributed by atoms with Crippen LogP contribution < -0.4 is 15.8 Å². The first-order valence-corrected chi connectivity index (χ1v) is 7.60.